The molecule has 16 heavy (non-hydrogen) atoms. The van der Waals surface area contributed by atoms with Crippen molar-refractivity contribution in [2.45, 2.75) is 39.7 Å². The van der Waals surface area contributed by atoms with Gasteiger partial charge in [-0.3, -0.25) is 0 Å². The second kappa shape index (κ2) is 4.73. The number of nitrogens with one attached hydrogen (secondary N) is 1. The average molecular weight is 219 g/mol. The Bertz CT molecular complexity index is 354. The highest BCUT2D eigenvalue weighted by Crippen LogP contribution is 2.22. The second-order valence-corrected chi connectivity index (χ2v) is 4.85. The maximum Gasteiger partial charge on any atom is 0.130 e. The Morgan fingerprint density at radius 3 is 2.56 bits per heavy atom. The first-order chi connectivity index (χ1) is 7.65. The topological polar surface area (TPSA) is 28.2 Å². The number of anilines is 2. The smallest absolute Gasteiger partial charge is 0.130 e. The van der Waals surface area contributed by atoms with E-state index in [0.717, 1.165) is 24.6 Å². The quantitative estimate of drug-likeness (QED) is 0.847. The van der Waals surface area contributed by atoms with Crippen molar-refractivity contribution in [3.8, 4) is 0 Å². The van der Waals surface area contributed by atoms with Crippen LogP contribution in [0.3, 0.4) is 0 Å². The van der Waals surface area contributed by atoms with Crippen LogP contribution in [0.1, 0.15) is 32.4 Å². The van der Waals surface area contributed by atoms with Crippen molar-refractivity contribution < 1.29 is 0 Å². The van der Waals surface area contributed by atoms with Gasteiger partial charge in [-0.1, -0.05) is 0 Å². The lowest BCUT2D eigenvalue weighted by atomic mass is 10.2. The molecule has 1 aliphatic heterocycles. The van der Waals surface area contributed by atoms with E-state index < -0.39 is 0 Å². The zero-order valence-corrected chi connectivity index (χ0v) is 10.5. The van der Waals surface area contributed by atoms with E-state index in [-0.39, 0.29) is 0 Å². The molecule has 0 aromatic carbocycles. The highest BCUT2D eigenvalue weighted by atomic mass is 15.2. The number of hydrogen-bond donors (Lipinski definition) is 1. The van der Waals surface area contributed by atoms with Crippen molar-refractivity contribution in [1.29, 1.82) is 0 Å². The normalized spacial score (nSPS) is 15.9. The van der Waals surface area contributed by atoms with Gasteiger partial charge in [-0.15, -0.1) is 0 Å². The largest absolute Gasteiger partial charge is 0.383 e. The standard InChI is InChI=1S/C13H21N3/c1-10(2)14-12-8-11(3)15-13(9-12)16-6-4-5-7-16/h8-10H,4-7H2,1-3H3,(H,14,15). The fourth-order valence-electron chi connectivity index (χ4n) is 2.18. The lowest BCUT2D eigenvalue weighted by Crippen LogP contribution is -2.20. The van der Waals surface area contributed by atoms with Crippen LogP contribution in [0.15, 0.2) is 12.1 Å². The van der Waals surface area contributed by atoms with Gasteiger partial charge in [0, 0.05) is 36.6 Å². The third kappa shape index (κ3) is 2.65. The Balaban J connectivity index is 2.20. The number of hydrogen-bond acceptors (Lipinski definition) is 3. The van der Waals surface area contributed by atoms with Crippen molar-refractivity contribution >= 4 is 11.5 Å². The summed E-state index contributed by atoms with van der Waals surface area (Å²) in [7, 11) is 0. The van der Waals surface area contributed by atoms with E-state index in [1.54, 1.807) is 0 Å². The summed E-state index contributed by atoms with van der Waals surface area (Å²) in [5.41, 5.74) is 2.27. The number of pyridine rings is 1. The van der Waals surface area contributed by atoms with Crippen molar-refractivity contribution in [3.63, 3.8) is 0 Å². The second-order valence-electron chi connectivity index (χ2n) is 4.85. The van der Waals surface area contributed by atoms with Crippen LogP contribution in [0.2, 0.25) is 0 Å². The Hall–Kier alpha value is -1.25. The fourth-order valence-corrected chi connectivity index (χ4v) is 2.18. The third-order valence-corrected chi connectivity index (χ3v) is 2.83. The molecule has 0 amide bonds. The van der Waals surface area contributed by atoms with E-state index in [4.69, 9.17) is 0 Å². The van der Waals surface area contributed by atoms with Gasteiger partial charge in [-0.2, -0.15) is 0 Å². The van der Waals surface area contributed by atoms with Crippen LogP contribution in [0, 0.1) is 6.92 Å². The van der Waals surface area contributed by atoms with Gasteiger partial charge in [-0.25, -0.2) is 4.98 Å². The highest BCUT2D eigenvalue weighted by molar-refractivity contribution is 5.55. The molecule has 88 valence electrons. The number of aromatic nitrogens is 1. The number of rotatable bonds is 3. The molecule has 0 saturated carbocycles. The molecule has 0 unspecified atom stereocenters. The first-order valence-electron chi connectivity index (χ1n) is 6.15. The summed E-state index contributed by atoms with van der Waals surface area (Å²) in [6, 6.07) is 4.74. The van der Waals surface area contributed by atoms with Crippen LogP contribution < -0.4 is 10.2 Å². The SMILES string of the molecule is Cc1cc(NC(C)C)cc(N2CCCC2)n1. The van der Waals surface area contributed by atoms with E-state index in [1.165, 1.54) is 18.5 Å². The summed E-state index contributed by atoms with van der Waals surface area (Å²) in [6.07, 6.45) is 2.59. The van der Waals surface area contributed by atoms with Crippen LogP contribution in [-0.2, 0) is 0 Å². The molecule has 3 nitrogen and oxygen atoms in total. The van der Waals surface area contributed by atoms with E-state index >= 15 is 0 Å². The summed E-state index contributed by atoms with van der Waals surface area (Å²) in [5.74, 6) is 1.13. The highest BCUT2D eigenvalue weighted by Gasteiger charge is 2.14. The zero-order valence-electron chi connectivity index (χ0n) is 10.5. The lowest BCUT2D eigenvalue weighted by Gasteiger charge is -2.19. The third-order valence-electron chi connectivity index (χ3n) is 2.83. The molecule has 2 heterocycles. The molecule has 1 aromatic heterocycles. The summed E-state index contributed by atoms with van der Waals surface area (Å²) >= 11 is 0. The summed E-state index contributed by atoms with van der Waals surface area (Å²) < 4.78 is 0. The van der Waals surface area contributed by atoms with Gasteiger partial charge >= 0.3 is 0 Å². The average Bonchev–Trinajstić information content (AvgIpc) is 2.67. The summed E-state index contributed by atoms with van der Waals surface area (Å²) in [5, 5.41) is 3.44. The molecule has 0 aliphatic carbocycles. The van der Waals surface area contributed by atoms with Crippen LogP contribution >= 0.6 is 0 Å². The first kappa shape index (κ1) is 11.2. The van der Waals surface area contributed by atoms with Gasteiger partial charge in [0.2, 0.25) is 0 Å². The molecule has 1 fully saturated rings. The van der Waals surface area contributed by atoms with Gasteiger partial charge < -0.3 is 10.2 Å². The van der Waals surface area contributed by atoms with Gasteiger partial charge in [-0.05, 0) is 39.7 Å². The first-order valence-corrected chi connectivity index (χ1v) is 6.15. The Labute approximate surface area is 97.9 Å². The number of aryl methyl sites for hydroxylation is 1. The van der Waals surface area contributed by atoms with Gasteiger partial charge in [0.1, 0.15) is 5.82 Å². The molecule has 1 aromatic rings. The summed E-state index contributed by atoms with van der Waals surface area (Å²) in [4.78, 5) is 6.98. The van der Waals surface area contributed by atoms with E-state index in [9.17, 15) is 0 Å². The minimum absolute atomic E-state index is 0.466. The lowest BCUT2D eigenvalue weighted by molar-refractivity contribution is 0.891. The Morgan fingerprint density at radius 2 is 1.94 bits per heavy atom. The van der Waals surface area contributed by atoms with E-state index in [1.807, 2.05) is 0 Å². The van der Waals surface area contributed by atoms with Gasteiger partial charge in [0.25, 0.3) is 0 Å². The molecule has 3 heteroatoms. The van der Waals surface area contributed by atoms with Gasteiger partial charge in [0.05, 0.1) is 0 Å². The van der Waals surface area contributed by atoms with Crippen molar-refractivity contribution in [2.75, 3.05) is 23.3 Å². The zero-order chi connectivity index (χ0) is 11.5. The molecule has 0 radical (unpaired) electrons. The van der Waals surface area contributed by atoms with Crippen LogP contribution in [0.25, 0.3) is 0 Å². The van der Waals surface area contributed by atoms with Gasteiger partial charge in [0.15, 0.2) is 0 Å². The van der Waals surface area contributed by atoms with Crippen LogP contribution in [0.4, 0.5) is 11.5 Å². The number of nitrogens with zero attached hydrogens (tertiary/aromatic N) is 2. The monoisotopic (exact) mass is 219 g/mol. The van der Waals surface area contributed by atoms with Crippen LogP contribution in [-0.4, -0.2) is 24.1 Å². The molecular formula is C13H21N3. The molecule has 0 bridgehead atoms. The summed E-state index contributed by atoms with van der Waals surface area (Å²) in [6.45, 7) is 8.68. The van der Waals surface area contributed by atoms with Crippen molar-refractivity contribution in [2.24, 2.45) is 0 Å². The van der Waals surface area contributed by atoms with Crippen molar-refractivity contribution in [3.05, 3.63) is 17.8 Å². The molecule has 0 atom stereocenters. The molecule has 0 spiro atoms. The molecular weight excluding hydrogens is 198 g/mol. The Kier molecular flexibility index (Phi) is 3.32. The molecule has 2 rings (SSSR count). The molecule has 1 saturated heterocycles. The van der Waals surface area contributed by atoms with E-state index in [2.05, 4.69) is 48.1 Å². The van der Waals surface area contributed by atoms with E-state index in [0.29, 0.717) is 6.04 Å². The van der Waals surface area contributed by atoms with Crippen LogP contribution in [0.5, 0.6) is 0 Å². The Morgan fingerprint density at radius 1 is 1.25 bits per heavy atom. The maximum absolute atomic E-state index is 4.61. The predicted octanol–water partition coefficient (Wildman–Crippen LogP) is 2.81. The minimum atomic E-state index is 0.466. The fraction of sp³-hybridized carbons (Fsp3) is 0.615. The minimum Gasteiger partial charge on any atom is -0.383 e. The molecule has 1 aliphatic rings. The predicted molar refractivity (Wildman–Crippen MR) is 69.2 cm³/mol. The molecule has 1 N–H and O–H groups in total. The van der Waals surface area contributed by atoms with Crippen molar-refractivity contribution in [1.82, 2.24) is 4.98 Å². The maximum atomic E-state index is 4.61.